The lowest BCUT2D eigenvalue weighted by molar-refractivity contribution is -0.137. The molecule has 0 aliphatic rings. The number of amides is 1. The van der Waals surface area contributed by atoms with Gasteiger partial charge in [-0.1, -0.05) is 11.3 Å². The Hall–Kier alpha value is -1.52. The second kappa shape index (κ2) is 6.50. The molecule has 1 rings (SSSR count). The van der Waals surface area contributed by atoms with E-state index >= 15 is 0 Å². The van der Waals surface area contributed by atoms with Crippen LogP contribution in [0.15, 0.2) is 10.4 Å². The van der Waals surface area contributed by atoms with Gasteiger partial charge >= 0.3 is 5.97 Å². The first kappa shape index (κ1) is 17.5. The fourth-order valence-corrected chi connectivity index (χ4v) is 3.99. The summed E-state index contributed by atoms with van der Waals surface area (Å²) in [7, 11) is -3.82. The van der Waals surface area contributed by atoms with Crippen LogP contribution >= 0.6 is 11.3 Å². The van der Waals surface area contributed by atoms with Gasteiger partial charge in [-0.25, -0.2) is 18.1 Å². The summed E-state index contributed by atoms with van der Waals surface area (Å²) < 4.78 is 26.8. The Balaban J connectivity index is 2.83. The Morgan fingerprint density at radius 1 is 1.43 bits per heavy atom. The predicted molar refractivity (Wildman–Crippen MR) is 77.7 cm³/mol. The number of carbonyl (C=O) groups excluding carboxylic acids is 1. The zero-order valence-corrected chi connectivity index (χ0v) is 13.5. The summed E-state index contributed by atoms with van der Waals surface area (Å²) in [6, 6.07) is 0. The molecule has 3 N–H and O–H groups in total. The molecule has 0 fully saturated rings. The van der Waals surface area contributed by atoms with Gasteiger partial charge in [-0.05, 0) is 20.3 Å². The number of aliphatic carboxylic acids is 1. The van der Waals surface area contributed by atoms with Crippen molar-refractivity contribution in [2.75, 3.05) is 5.32 Å². The monoisotopic (exact) mass is 335 g/mol. The van der Waals surface area contributed by atoms with Crippen molar-refractivity contribution in [2.24, 2.45) is 0 Å². The van der Waals surface area contributed by atoms with Gasteiger partial charge in [-0.15, -0.1) is 0 Å². The number of aromatic nitrogens is 1. The molecular weight excluding hydrogens is 318 g/mol. The molecule has 1 heterocycles. The van der Waals surface area contributed by atoms with Crippen LogP contribution in [0.1, 0.15) is 33.6 Å². The molecule has 21 heavy (non-hydrogen) atoms. The molecule has 10 heteroatoms. The fraction of sp³-hybridized carbons (Fsp3) is 0.545. The minimum atomic E-state index is -3.82. The molecule has 0 saturated carbocycles. The van der Waals surface area contributed by atoms with Crippen LogP contribution in [0.4, 0.5) is 5.13 Å². The number of nitrogens with one attached hydrogen (secondary N) is 2. The Bertz CT molecular complexity index is 636. The van der Waals surface area contributed by atoms with Crippen molar-refractivity contribution < 1.29 is 23.1 Å². The summed E-state index contributed by atoms with van der Waals surface area (Å²) in [5.41, 5.74) is -0.907. The maximum atomic E-state index is 12.2. The molecule has 1 aromatic rings. The summed E-state index contributed by atoms with van der Waals surface area (Å²) in [5, 5.41) is 11.2. The second-order valence-electron chi connectivity index (χ2n) is 5.05. The molecule has 0 atom stereocenters. The lowest BCUT2D eigenvalue weighted by Gasteiger charge is -2.24. The van der Waals surface area contributed by atoms with Crippen molar-refractivity contribution >= 4 is 38.4 Å². The number of hydrogen-bond donors (Lipinski definition) is 3. The van der Waals surface area contributed by atoms with Gasteiger partial charge in [0.15, 0.2) is 9.34 Å². The molecule has 0 aromatic carbocycles. The Labute approximate surface area is 126 Å². The van der Waals surface area contributed by atoms with Gasteiger partial charge in [0.2, 0.25) is 5.91 Å². The van der Waals surface area contributed by atoms with E-state index in [2.05, 4.69) is 15.0 Å². The van der Waals surface area contributed by atoms with E-state index in [1.54, 1.807) is 13.8 Å². The molecule has 1 amide bonds. The van der Waals surface area contributed by atoms with E-state index < -0.39 is 21.5 Å². The van der Waals surface area contributed by atoms with E-state index in [-0.39, 0.29) is 28.1 Å². The van der Waals surface area contributed by atoms with Crippen LogP contribution in [0.5, 0.6) is 0 Å². The topological polar surface area (TPSA) is 125 Å². The van der Waals surface area contributed by atoms with Crippen molar-refractivity contribution in [1.82, 2.24) is 9.71 Å². The first-order chi connectivity index (χ1) is 9.52. The SMILES string of the molecule is CC(=O)Nc1ncc(S(=O)(=O)NC(C)(C)CCC(=O)O)s1. The number of hydrogen-bond acceptors (Lipinski definition) is 6. The third kappa shape index (κ3) is 5.78. The number of thiazole rings is 1. The number of rotatable bonds is 7. The largest absolute Gasteiger partial charge is 0.481 e. The van der Waals surface area contributed by atoms with E-state index in [0.29, 0.717) is 0 Å². The minimum Gasteiger partial charge on any atom is -0.481 e. The lowest BCUT2D eigenvalue weighted by atomic mass is 10.0. The summed E-state index contributed by atoms with van der Waals surface area (Å²) in [4.78, 5) is 25.2. The van der Waals surface area contributed by atoms with Gasteiger partial charge in [0.05, 0.1) is 6.20 Å². The van der Waals surface area contributed by atoms with Crippen molar-refractivity contribution in [3.63, 3.8) is 0 Å². The Morgan fingerprint density at radius 2 is 2.05 bits per heavy atom. The highest BCUT2D eigenvalue weighted by Crippen LogP contribution is 2.24. The normalized spacial score (nSPS) is 12.1. The molecular formula is C11H17N3O5S2. The maximum absolute atomic E-state index is 12.2. The van der Waals surface area contributed by atoms with Crippen LogP contribution < -0.4 is 10.0 Å². The van der Waals surface area contributed by atoms with Gasteiger partial charge < -0.3 is 10.4 Å². The number of sulfonamides is 1. The number of carboxylic acid groups (broad SMARTS) is 1. The highest BCUT2D eigenvalue weighted by Gasteiger charge is 2.28. The second-order valence-corrected chi connectivity index (χ2v) is 7.99. The highest BCUT2D eigenvalue weighted by atomic mass is 32.2. The average Bonchev–Trinajstić information content (AvgIpc) is 2.73. The first-order valence-electron chi connectivity index (χ1n) is 6.01. The molecule has 8 nitrogen and oxygen atoms in total. The first-order valence-corrected chi connectivity index (χ1v) is 8.31. The van der Waals surface area contributed by atoms with Crippen LogP contribution in [0, 0.1) is 0 Å². The number of anilines is 1. The van der Waals surface area contributed by atoms with Gasteiger partial charge in [-0.3, -0.25) is 9.59 Å². The van der Waals surface area contributed by atoms with Crippen molar-refractivity contribution in [3.8, 4) is 0 Å². The smallest absolute Gasteiger partial charge is 0.303 e. The lowest BCUT2D eigenvalue weighted by Crippen LogP contribution is -2.43. The zero-order chi connectivity index (χ0) is 16.3. The van der Waals surface area contributed by atoms with Gasteiger partial charge in [0.25, 0.3) is 10.0 Å². The molecule has 1 aromatic heterocycles. The molecule has 0 radical (unpaired) electrons. The molecule has 0 aliphatic carbocycles. The maximum Gasteiger partial charge on any atom is 0.303 e. The molecule has 0 bridgehead atoms. The Morgan fingerprint density at radius 3 is 2.57 bits per heavy atom. The van der Waals surface area contributed by atoms with Crippen LogP contribution in [0.25, 0.3) is 0 Å². The molecule has 0 saturated heterocycles. The summed E-state index contributed by atoms with van der Waals surface area (Å²) >= 11 is 0.823. The van der Waals surface area contributed by atoms with Gasteiger partial charge in [-0.2, -0.15) is 0 Å². The zero-order valence-electron chi connectivity index (χ0n) is 11.8. The molecule has 0 unspecified atom stereocenters. The summed E-state index contributed by atoms with van der Waals surface area (Å²) in [6.07, 6.45) is 1.15. The van der Waals surface area contributed by atoms with Crippen LogP contribution in [-0.2, 0) is 19.6 Å². The van der Waals surface area contributed by atoms with E-state index in [4.69, 9.17) is 5.11 Å². The predicted octanol–water partition coefficient (Wildman–Crippen LogP) is 1.02. The van der Waals surface area contributed by atoms with Gasteiger partial charge in [0.1, 0.15) is 0 Å². The molecule has 0 aliphatic heterocycles. The Kier molecular flexibility index (Phi) is 5.42. The van der Waals surface area contributed by atoms with E-state index in [1.165, 1.54) is 6.92 Å². The van der Waals surface area contributed by atoms with E-state index in [9.17, 15) is 18.0 Å². The number of carbonyl (C=O) groups is 2. The van der Waals surface area contributed by atoms with Crippen LogP contribution in [-0.4, -0.2) is 35.9 Å². The van der Waals surface area contributed by atoms with E-state index in [1.807, 2.05) is 0 Å². The highest BCUT2D eigenvalue weighted by molar-refractivity contribution is 7.91. The molecule has 118 valence electrons. The third-order valence-corrected chi connectivity index (χ3v) is 5.48. The summed E-state index contributed by atoms with van der Waals surface area (Å²) in [6.45, 7) is 4.50. The quantitative estimate of drug-likeness (QED) is 0.683. The fourth-order valence-electron chi connectivity index (χ4n) is 1.48. The average molecular weight is 335 g/mol. The number of nitrogens with zero attached hydrogens (tertiary/aromatic N) is 1. The summed E-state index contributed by atoms with van der Waals surface area (Å²) in [5.74, 6) is -1.34. The standard InChI is InChI=1S/C11H17N3O5S2/c1-7(15)13-10-12-6-9(20-10)21(18,19)14-11(2,3)5-4-8(16)17/h6,14H,4-5H2,1-3H3,(H,16,17)(H,12,13,15). The van der Waals surface area contributed by atoms with Gasteiger partial charge in [0, 0.05) is 18.9 Å². The van der Waals surface area contributed by atoms with Crippen molar-refractivity contribution in [2.45, 2.75) is 43.4 Å². The molecule has 0 spiro atoms. The van der Waals surface area contributed by atoms with Crippen LogP contribution in [0.3, 0.4) is 0 Å². The van der Waals surface area contributed by atoms with Crippen molar-refractivity contribution in [1.29, 1.82) is 0 Å². The number of carboxylic acids is 1. The minimum absolute atomic E-state index is 0.0466. The third-order valence-electron chi connectivity index (χ3n) is 2.41. The van der Waals surface area contributed by atoms with Crippen LogP contribution in [0.2, 0.25) is 0 Å². The van der Waals surface area contributed by atoms with E-state index in [0.717, 1.165) is 17.5 Å². The van der Waals surface area contributed by atoms with Crippen molar-refractivity contribution in [3.05, 3.63) is 6.20 Å².